The highest BCUT2D eigenvalue weighted by Gasteiger charge is 2.36. The monoisotopic (exact) mass is 406 g/mol. The number of carbonyl (C=O) groups is 2. The molecule has 0 aromatic heterocycles. The molecular weight excluding hydrogens is 387 g/mol. The molecule has 0 saturated carbocycles. The number of anilines is 1. The molecule has 3 rings (SSSR count). The largest absolute Gasteiger partial charge is 0.495 e. The predicted molar refractivity (Wildman–Crippen MR) is 103 cm³/mol. The van der Waals surface area contributed by atoms with Crippen molar-refractivity contribution in [3.8, 4) is 11.5 Å². The molecule has 1 fully saturated rings. The van der Waals surface area contributed by atoms with Gasteiger partial charge in [0, 0.05) is 31.1 Å². The Balaban J connectivity index is 1.72. The van der Waals surface area contributed by atoms with Crippen molar-refractivity contribution < 1.29 is 23.5 Å². The quantitative estimate of drug-likeness (QED) is 0.800. The summed E-state index contributed by atoms with van der Waals surface area (Å²) in [5, 5.41) is 3.03. The number of hydrogen-bond donors (Lipinski definition) is 1. The van der Waals surface area contributed by atoms with E-state index in [1.807, 2.05) is 0 Å². The fraction of sp³-hybridized carbons (Fsp3) is 0.300. The van der Waals surface area contributed by atoms with E-state index in [0.29, 0.717) is 27.8 Å². The van der Waals surface area contributed by atoms with Crippen LogP contribution in [-0.2, 0) is 16.1 Å². The Labute approximate surface area is 167 Å². The van der Waals surface area contributed by atoms with E-state index in [9.17, 15) is 14.0 Å². The average Bonchev–Trinajstić information content (AvgIpc) is 3.08. The molecule has 8 heteroatoms. The van der Waals surface area contributed by atoms with Gasteiger partial charge in [0.2, 0.25) is 11.8 Å². The summed E-state index contributed by atoms with van der Waals surface area (Å²) in [5.41, 5.74) is 0.864. The van der Waals surface area contributed by atoms with Gasteiger partial charge in [-0.2, -0.15) is 0 Å². The van der Waals surface area contributed by atoms with Crippen molar-refractivity contribution in [1.29, 1.82) is 0 Å². The Hall–Kier alpha value is -2.80. The number of nitrogens with zero attached hydrogens (tertiary/aromatic N) is 1. The topological polar surface area (TPSA) is 67.9 Å². The van der Waals surface area contributed by atoms with Gasteiger partial charge in [-0.25, -0.2) is 4.39 Å². The van der Waals surface area contributed by atoms with Crippen LogP contribution in [-0.4, -0.2) is 32.6 Å². The van der Waals surface area contributed by atoms with Crippen molar-refractivity contribution in [1.82, 2.24) is 5.32 Å². The Kier molecular flexibility index (Phi) is 6.04. The molecule has 1 aliphatic rings. The van der Waals surface area contributed by atoms with Gasteiger partial charge in [0.1, 0.15) is 17.3 Å². The zero-order valence-electron chi connectivity index (χ0n) is 15.5. The van der Waals surface area contributed by atoms with E-state index >= 15 is 0 Å². The minimum Gasteiger partial charge on any atom is -0.495 e. The fourth-order valence-electron chi connectivity index (χ4n) is 3.14. The number of ether oxygens (including phenoxy) is 2. The SMILES string of the molecule is COc1cc(OC)c(N2C[C@H](C(=O)NCc3ccccc3F)CC2=O)cc1Cl. The molecule has 1 N–H and O–H groups in total. The van der Waals surface area contributed by atoms with E-state index in [0.717, 1.165) is 0 Å². The third-order valence-corrected chi connectivity index (χ3v) is 4.95. The van der Waals surface area contributed by atoms with Gasteiger partial charge in [0.05, 0.1) is 30.8 Å². The molecule has 0 aliphatic carbocycles. The summed E-state index contributed by atoms with van der Waals surface area (Å²) in [6.07, 6.45) is 0.0515. The highest BCUT2D eigenvalue weighted by atomic mass is 35.5. The third kappa shape index (κ3) is 4.04. The van der Waals surface area contributed by atoms with Crippen molar-refractivity contribution in [3.05, 3.63) is 52.8 Å². The molecule has 6 nitrogen and oxygen atoms in total. The summed E-state index contributed by atoms with van der Waals surface area (Å²) in [6, 6.07) is 9.40. The van der Waals surface area contributed by atoms with Gasteiger partial charge in [-0.15, -0.1) is 0 Å². The van der Waals surface area contributed by atoms with Crippen LogP contribution in [0.4, 0.5) is 10.1 Å². The van der Waals surface area contributed by atoms with Crippen molar-refractivity contribution in [2.45, 2.75) is 13.0 Å². The van der Waals surface area contributed by atoms with Gasteiger partial charge in [0.25, 0.3) is 0 Å². The maximum absolute atomic E-state index is 13.7. The molecule has 1 atom stereocenters. The minimum absolute atomic E-state index is 0.0515. The van der Waals surface area contributed by atoms with Crippen LogP contribution in [0.25, 0.3) is 0 Å². The first-order valence-corrected chi connectivity index (χ1v) is 9.05. The van der Waals surface area contributed by atoms with Gasteiger partial charge in [-0.1, -0.05) is 29.8 Å². The minimum atomic E-state index is -0.551. The van der Waals surface area contributed by atoms with Gasteiger partial charge in [-0.3, -0.25) is 9.59 Å². The van der Waals surface area contributed by atoms with E-state index in [1.165, 1.54) is 25.2 Å². The number of nitrogens with one attached hydrogen (secondary N) is 1. The van der Waals surface area contributed by atoms with Crippen LogP contribution < -0.4 is 19.7 Å². The van der Waals surface area contributed by atoms with Crippen LogP contribution in [0.3, 0.4) is 0 Å². The van der Waals surface area contributed by atoms with Crippen LogP contribution in [0, 0.1) is 11.7 Å². The molecule has 28 heavy (non-hydrogen) atoms. The maximum Gasteiger partial charge on any atom is 0.227 e. The van der Waals surface area contributed by atoms with Crippen LogP contribution in [0.1, 0.15) is 12.0 Å². The zero-order valence-corrected chi connectivity index (χ0v) is 16.3. The molecule has 0 unspecified atom stereocenters. The molecule has 2 aromatic rings. The molecule has 2 aromatic carbocycles. The molecule has 0 radical (unpaired) electrons. The number of amides is 2. The normalized spacial score (nSPS) is 16.2. The number of methoxy groups -OCH3 is 2. The standard InChI is InChI=1S/C20H20ClFN2O4/c1-27-17-9-18(28-2)16(8-14(17)21)24-11-13(7-19(24)25)20(26)23-10-12-5-3-4-6-15(12)22/h3-6,8-9,13H,7,10-11H2,1-2H3,(H,23,26)/t13-/m1/s1. The first-order chi connectivity index (χ1) is 13.4. The fourth-order valence-corrected chi connectivity index (χ4v) is 3.37. The van der Waals surface area contributed by atoms with Gasteiger partial charge in [-0.05, 0) is 12.1 Å². The van der Waals surface area contributed by atoms with E-state index in [4.69, 9.17) is 21.1 Å². The summed E-state index contributed by atoms with van der Waals surface area (Å²) < 4.78 is 24.2. The third-order valence-electron chi connectivity index (χ3n) is 4.65. The second-order valence-electron chi connectivity index (χ2n) is 6.37. The first kappa shape index (κ1) is 19.9. The summed E-state index contributed by atoms with van der Waals surface area (Å²) in [6.45, 7) is 0.245. The van der Waals surface area contributed by atoms with Gasteiger partial charge in [0.15, 0.2) is 0 Å². The molecule has 1 aliphatic heterocycles. The lowest BCUT2D eigenvalue weighted by molar-refractivity contribution is -0.126. The molecule has 0 bridgehead atoms. The smallest absolute Gasteiger partial charge is 0.227 e. The molecular formula is C20H20ClFN2O4. The molecule has 2 amide bonds. The molecule has 0 spiro atoms. The van der Waals surface area contributed by atoms with E-state index in [-0.39, 0.29) is 37.1 Å². The summed E-state index contributed by atoms with van der Waals surface area (Å²) in [5.74, 6) is -0.618. The number of halogens is 2. The number of benzene rings is 2. The van der Waals surface area contributed by atoms with Crippen LogP contribution in [0.15, 0.2) is 36.4 Å². The Morgan fingerprint density at radius 1 is 1.25 bits per heavy atom. The highest BCUT2D eigenvalue weighted by molar-refractivity contribution is 6.32. The number of carbonyl (C=O) groups excluding carboxylic acids is 2. The molecule has 148 valence electrons. The average molecular weight is 407 g/mol. The van der Waals surface area contributed by atoms with Crippen molar-refractivity contribution in [2.75, 3.05) is 25.7 Å². The first-order valence-electron chi connectivity index (χ1n) is 8.67. The van der Waals surface area contributed by atoms with E-state index in [1.54, 1.807) is 30.3 Å². The van der Waals surface area contributed by atoms with E-state index in [2.05, 4.69) is 5.32 Å². The van der Waals surface area contributed by atoms with Gasteiger partial charge >= 0.3 is 0 Å². The van der Waals surface area contributed by atoms with E-state index < -0.39 is 5.92 Å². The summed E-state index contributed by atoms with van der Waals surface area (Å²) >= 11 is 6.18. The van der Waals surface area contributed by atoms with Crippen LogP contribution >= 0.6 is 11.6 Å². The second-order valence-corrected chi connectivity index (χ2v) is 6.78. The second kappa shape index (κ2) is 8.48. The zero-order chi connectivity index (χ0) is 20.3. The number of rotatable bonds is 6. The van der Waals surface area contributed by atoms with Crippen LogP contribution in [0.5, 0.6) is 11.5 Å². The predicted octanol–water partition coefficient (Wildman–Crippen LogP) is 3.17. The summed E-state index contributed by atoms with van der Waals surface area (Å²) in [4.78, 5) is 26.5. The van der Waals surface area contributed by atoms with Crippen LogP contribution in [0.2, 0.25) is 5.02 Å². The Morgan fingerprint density at radius 2 is 1.96 bits per heavy atom. The van der Waals surface area contributed by atoms with Crippen molar-refractivity contribution in [3.63, 3.8) is 0 Å². The number of hydrogen-bond acceptors (Lipinski definition) is 4. The van der Waals surface area contributed by atoms with Crippen molar-refractivity contribution >= 4 is 29.1 Å². The Bertz CT molecular complexity index is 906. The molecule has 1 saturated heterocycles. The van der Waals surface area contributed by atoms with Crippen molar-refractivity contribution in [2.24, 2.45) is 5.92 Å². The van der Waals surface area contributed by atoms with Gasteiger partial charge < -0.3 is 19.7 Å². The Morgan fingerprint density at radius 3 is 2.64 bits per heavy atom. The lowest BCUT2D eigenvalue weighted by atomic mass is 10.1. The molecule has 1 heterocycles. The highest BCUT2D eigenvalue weighted by Crippen LogP contribution is 2.40. The lowest BCUT2D eigenvalue weighted by Crippen LogP contribution is -2.33. The summed E-state index contributed by atoms with van der Waals surface area (Å²) in [7, 11) is 2.96. The lowest BCUT2D eigenvalue weighted by Gasteiger charge is -2.21. The maximum atomic E-state index is 13.7.